The number of nitrogens with one attached hydrogen (secondary N) is 1. The summed E-state index contributed by atoms with van der Waals surface area (Å²) in [5, 5.41) is 3.60. The Morgan fingerprint density at radius 1 is 1.54 bits per heavy atom. The second-order valence-electron chi connectivity index (χ2n) is 5.59. The molecule has 0 fully saturated rings. The summed E-state index contributed by atoms with van der Waals surface area (Å²) in [5.41, 5.74) is 6.72. The van der Waals surface area contributed by atoms with E-state index < -0.39 is 5.54 Å². The lowest BCUT2D eigenvalue weighted by atomic mass is 9.91. The van der Waals surface area contributed by atoms with Crippen molar-refractivity contribution in [3.63, 3.8) is 0 Å². The van der Waals surface area contributed by atoms with E-state index in [1.165, 1.54) is 24.2 Å². The van der Waals surface area contributed by atoms with Crippen LogP contribution in [0.15, 0.2) is 27.9 Å². The number of aromatic nitrogens is 2. The van der Waals surface area contributed by atoms with Crippen molar-refractivity contribution in [3.05, 3.63) is 40.8 Å². The van der Waals surface area contributed by atoms with Crippen LogP contribution in [0.25, 0.3) is 0 Å². The van der Waals surface area contributed by atoms with Gasteiger partial charge in [-0.15, -0.1) is 0 Å². The van der Waals surface area contributed by atoms with E-state index in [-0.39, 0.29) is 11.6 Å². The van der Waals surface area contributed by atoms with E-state index in [2.05, 4.69) is 20.3 Å². The van der Waals surface area contributed by atoms with E-state index in [0.717, 1.165) is 17.7 Å². The molecule has 1 atom stereocenters. The Kier molecular flexibility index (Phi) is 4.51. The van der Waals surface area contributed by atoms with E-state index in [0.29, 0.717) is 21.9 Å². The number of carbonyl (C=O) groups is 1. The van der Waals surface area contributed by atoms with Gasteiger partial charge in [0.25, 0.3) is 5.91 Å². The maximum atomic E-state index is 12.2. The summed E-state index contributed by atoms with van der Waals surface area (Å²) in [7, 11) is 0. The second-order valence-corrected chi connectivity index (χ2v) is 7.06. The first-order valence-corrected chi connectivity index (χ1v) is 8.61. The lowest BCUT2D eigenvalue weighted by molar-refractivity contribution is 0.102. The first-order valence-electron chi connectivity index (χ1n) is 7.25. The van der Waals surface area contributed by atoms with Gasteiger partial charge in [-0.3, -0.25) is 9.79 Å². The van der Waals surface area contributed by atoms with E-state index in [1.54, 1.807) is 13.0 Å². The number of aryl methyl sites for hydroxylation is 1. The van der Waals surface area contributed by atoms with Crippen LogP contribution in [-0.4, -0.2) is 26.8 Å². The summed E-state index contributed by atoms with van der Waals surface area (Å²) >= 11 is 7.77. The SMILES string of the molecule is Cc1nc(C(=O)Nc2cnc(Cl)c([C@]3(C)CCSC(N)=N3)c2)co1. The largest absolute Gasteiger partial charge is 0.448 e. The number of rotatable bonds is 3. The number of oxazole rings is 1. The van der Waals surface area contributed by atoms with Crippen LogP contribution in [0.3, 0.4) is 0 Å². The van der Waals surface area contributed by atoms with Gasteiger partial charge in [0, 0.05) is 18.2 Å². The molecule has 0 saturated carbocycles. The van der Waals surface area contributed by atoms with E-state index >= 15 is 0 Å². The van der Waals surface area contributed by atoms with Crippen LogP contribution in [0.5, 0.6) is 0 Å². The number of thioether (sulfide) groups is 1. The third kappa shape index (κ3) is 3.39. The van der Waals surface area contributed by atoms with Crippen molar-refractivity contribution < 1.29 is 9.21 Å². The second kappa shape index (κ2) is 6.45. The highest BCUT2D eigenvalue weighted by Crippen LogP contribution is 2.38. The molecule has 126 valence electrons. The summed E-state index contributed by atoms with van der Waals surface area (Å²) in [6.07, 6.45) is 3.57. The van der Waals surface area contributed by atoms with Crippen LogP contribution in [-0.2, 0) is 5.54 Å². The molecule has 1 aliphatic heterocycles. The van der Waals surface area contributed by atoms with Crippen LogP contribution >= 0.6 is 23.4 Å². The molecular weight excluding hydrogens is 350 g/mol. The number of amidine groups is 1. The van der Waals surface area contributed by atoms with Crippen molar-refractivity contribution in [1.29, 1.82) is 0 Å². The average molecular weight is 366 g/mol. The summed E-state index contributed by atoms with van der Waals surface area (Å²) in [6, 6.07) is 1.77. The summed E-state index contributed by atoms with van der Waals surface area (Å²) in [5.74, 6) is 0.887. The minimum absolute atomic E-state index is 0.201. The molecule has 0 unspecified atom stereocenters. The van der Waals surface area contributed by atoms with Gasteiger partial charge < -0.3 is 15.5 Å². The van der Waals surface area contributed by atoms with Gasteiger partial charge in [-0.2, -0.15) is 0 Å². The third-order valence-corrected chi connectivity index (χ3v) is 4.82. The molecule has 0 bridgehead atoms. The average Bonchev–Trinajstić information content (AvgIpc) is 2.95. The van der Waals surface area contributed by atoms with Gasteiger partial charge in [0.15, 0.2) is 16.8 Å². The van der Waals surface area contributed by atoms with Crippen molar-refractivity contribution in [3.8, 4) is 0 Å². The number of aliphatic imine (C=N–C) groups is 1. The zero-order valence-corrected chi connectivity index (χ0v) is 14.7. The topological polar surface area (TPSA) is 106 Å². The highest BCUT2D eigenvalue weighted by Gasteiger charge is 2.32. The normalized spacial score (nSPS) is 20.5. The van der Waals surface area contributed by atoms with Crippen LogP contribution in [0, 0.1) is 6.92 Å². The molecule has 0 radical (unpaired) electrons. The molecule has 24 heavy (non-hydrogen) atoms. The smallest absolute Gasteiger partial charge is 0.277 e. The summed E-state index contributed by atoms with van der Waals surface area (Å²) < 4.78 is 5.05. The number of anilines is 1. The molecule has 0 saturated heterocycles. The highest BCUT2D eigenvalue weighted by molar-refractivity contribution is 8.13. The van der Waals surface area contributed by atoms with Gasteiger partial charge in [-0.05, 0) is 19.4 Å². The highest BCUT2D eigenvalue weighted by atomic mass is 35.5. The fraction of sp³-hybridized carbons (Fsp3) is 0.333. The summed E-state index contributed by atoms with van der Waals surface area (Å²) in [4.78, 5) is 24.9. The molecular formula is C15H16ClN5O2S. The number of nitrogens with two attached hydrogens (primary N) is 1. The van der Waals surface area contributed by atoms with Gasteiger partial charge in [-0.1, -0.05) is 23.4 Å². The van der Waals surface area contributed by atoms with Crippen LogP contribution in [0.2, 0.25) is 5.15 Å². The Labute approximate surface area is 148 Å². The van der Waals surface area contributed by atoms with Gasteiger partial charge in [0.05, 0.1) is 17.4 Å². The predicted molar refractivity (Wildman–Crippen MR) is 94.5 cm³/mol. The van der Waals surface area contributed by atoms with Crippen LogP contribution in [0.1, 0.15) is 35.3 Å². The predicted octanol–water partition coefficient (Wildman–Crippen LogP) is 2.95. The first kappa shape index (κ1) is 16.8. The standard InChI is InChI=1S/C15H16ClN5O2S/c1-8-19-11(7-23-8)13(22)20-9-5-10(12(16)18-6-9)15(2)3-4-24-14(17)21-15/h5-7H,3-4H2,1-2H3,(H2,17,21)(H,20,22)/t15-/m0/s1. The molecule has 3 heterocycles. The lowest BCUT2D eigenvalue weighted by Crippen LogP contribution is -2.29. The van der Waals surface area contributed by atoms with Gasteiger partial charge >= 0.3 is 0 Å². The molecule has 1 aliphatic rings. The maximum absolute atomic E-state index is 12.2. The molecule has 0 aromatic carbocycles. The molecule has 0 aliphatic carbocycles. The molecule has 3 rings (SSSR count). The number of amides is 1. The van der Waals surface area contributed by atoms with Crippen molar-refractivity contribution in [2.75, 3.05) is 11.1 Å². The Balaban J connectivity index is 1.89. The fourth-order valence-corrected chi connectivity index (χ4v) is 3.72. The lowest BCUT2D eigenvalue weighted by Gasteiger charge is -2.30. The molecule has 9 heteroatoms. The van der Waals surface area contributed by atoms with Crippen molar-refractivity contribution in [2.45, 2.75) is 25.8 Å². The number of hydrogen-bond acceptors (Lipinski definition) is 7. The Morgan fingerprint density at radius 2 is 2.33 bits per heavy atom. The van der Waals surface area contributed by atoms with Gasteiger partial charge in [-0.25, -0.2) is 9.97 Å². The quantitative estimate of drug-likeness (QED) is 0.810. The van der Waals surface area contributed by atoms with Crippen molar-refractivity contribution in [2.24, 2.45) is 10.7 Å². The molecule has 2 aromatic rings. The molecule has 7 nitrogen and oxygen atoms in total. The number of carbonyl (C=O) groups excluding carboxylic acids is 1. The van der Waals surface area contributed by atoms with Gasteiger partial charge in [0.2, 0.25) is 0 Å². The van der Waals surface area contributed by atoms with Gasteiger partial charge in [0.1, 0.15) is 11.4 Å². The molecule has 1 amide bonds. The Morgan fingerprint density at radius 3 is 3.00 bits per heavy atom. The zero-order chi connectivity index (χ0) is 17.3. The number of pyridine rings is 1. The van der Waals surface area contributed by atoms with E-state index in [4.69, 9.17) is 21.8 Å². The van der Waals surface area contributed by atoms with Crippen molar-refractivity contribution >= 4 is 40.1 Å². The Hall–Kier alpha value is -2.06. The molecule has 0 spiro atoms. The molecule has 2 aromatic heterocycles. The zero-order valence-electron chi connectivity index (χ0n) is 13.2. The third-order valence-electron chi connectivity index (χ3n) is 3.72. The monoisotopic (exact) mass is 365 g/mol. The number of halogens is 1. The van der Waals surface area contributed by atoms with Crippen LogP contribution in [0.4, 0.5) is 5.69 Å². The molecule has 3 N–H and O–H groups in total. The minimum atomic E-state index is -0.565. The number of hydrogen-bond donors (Lipinski definition) is 2. The number of nitrogens with zero attached hydrogens (tertiary/aromatic N) is 3. The first-order chi connectivity index (χ1) is 11.4. The van der Waals surface area contributed by atoms with Crippen LogP contribution < -0.4 is 11.1 Å². The van der Waals surface area contributed by atoms with E-state index in [9.17, 15) is 4.79 Å². The fourth-order valence-electron chi connectivity index (χ4n) is 2.44. The maximum Gasteiger partial charge on any atom is 0.277 e. The summed E-state index contributed by atoms with van der Waals surface area (Å²) in [6.45, 7) is 3.62. The van der Waals surface area contributed by atoms with Crippen molar-refractivity contribution in [1.82, 2.24) is 9.97 Å². The minimum Gasteiger partial charge on any atom is -0.448 e. The van der Waals surface area contributed by atoms with E-state index in [1.807, 2.05) is 6.92 Å². The Bertz CT molecular complexity index is 822.